The van der Waals surface area contributed by atoms with E-state index in [1.54, 1.807) is 0 Å². The molecule has 1 heterocycles. The monoisotopic (exact) mass is 436 g/mol. The number of alkyl halides is 6. The second-order valence-corrected chi connectivity index (χ2v) is 6.95. The standard InChI is InChI=1S/C13H7ClF6N2O4S/c14-27(23,24)25-6-8-5-21-11(22-10(8)12(15,16)17)7-1-3-9(4-2-7)26-13(18,19)20/h1-5H,6H2. The molecule has 0 amide bonds. The van der Waals surface area contributed by atoms with Crippen LogP contribution < -0.4 is 4.74 Å². The van der Waals surface area contributed by atoms with E-state index in [1.165, 1.54) is 0 Å². The Bertz CT molecular complexity index is 916. The van der Waals surface area contributed by atoms with Gasteiger partial charge >= 0.3 is 21.9 Å². The van der Waals surface area contributed by atoms with Crippen molar-refractivity contribution in [2.24, 2.45) is 0 Å². The summed E-state index contributed by atoms with van der Waals surface area (Å²) < 4.78 is 105. The summed E-state index contributed by atoms with van der Waals surface area (Å²) in [6.07, 6.45) is -9.23. The topological polar surface area (TPSA) is 78.4 Å². The minimum atomic E-state index is -4.98. The fraction of sp³-hybridized carbons (Fsp3) is 0.231. The van der Waals surface area contributed by atoms with Gasteiger partial charge in [0.15, 0.2) is 11.5 Å². The van der Waals surface area contributed by atoms with Crippen LogP contribution in [-0.2, 0) is 26.3 Å². The number of aromatic nitrogens is 2. The Morgan fingerprint density at radius 1 is 1.04 bits per heavy atom. The maximum Gasteiger partial charge on any atom is 0.573 e. The first-order valence-corrected chi connectivity index (χ1v) is 8.86. The van der Waals surface area contributed by atoms with Gasteiger partial charge in [0.1, 0.15) is 5.75 Å². The molecule has 0 bridgehead atoms. The molecule has 0 radical (unpaired) electrons. The molecule has 2 aromatic rings. The maximum absolute atomic E-state index is 13.1. The van der Waals surface area contributed by atoms with Crippen molar-refractivity contribution in [1.82, 2.24) is 9.97 Å². The van der Waals surface area contributed by atoms with Crippen LogP contribution >= 0.6 is 10.7 Å². The van der Waals surface area contributed by atoms with Gasteiger partial charge in [-0.25, -0.2) is 9.97 Å². The molecular weight excluding hydrogens is 430 g/mol. The Kier molecular flexibility index (Phi) is 5.87. The van der Waals surface area contributed by atoms with E-state index >= 15 is 0 Å². The van der Waals surface area contributed by atoms with Crippen molar-refractivity contribution in [3.63, 3.8) is 0 Å². The van der Waals surface area contributed by atoms with Crippen LogP contribution in [0.4, 0.5) is 26.3 Å². The summed E-state index contributed by atoms with van der Waals surface area (Å²) in [5, 5.41) is 0. The van der Waals surface area contributed by atoms with Crippen molar-refractivity contribution in [3.05, 3.63) is 41.7 Å². The zero-order chi connectivity index (χ0) is 20.5. The van der Waals surface area contributed by atoms with Crippen molar-refractivity contribution in [2.45, 2.75) is 19.1 Å². The van der Waals surface area contributed by atoms with E-state index < -0.39 is 51.3 Å². The minimum Gasteiger partial charge on any atom is -0.406 e. The number of ether oxygens (including phenoxy) is 1. The quantitative estimate of drug-likeness (QED) is 0.519. The first kappa shape index (κ1) is 21.2. The van der Waals surface area contributed by atoms with E-state index in [0.29, 0.717) is 6.20 Å². The summed E-state index contributed by atoms with van der Waals surface area (Å²) in [6, 6.07) is 3.79. The molecule has 0 fully saturated rings. The van der Waals surface area contributed by atoms with Gasteiger partial charge in [0.2, 0.25) is 0 Å². The maximum atomic E-state index is 13.1. The molecule has 2 rings (SSSR count). The summed E-state index contributed by atoms with van der Waals surface area (Å²) in [5.41, 5.74) is -2.22. The van der Waals surface area contributed by atoms with Gasteiger partial charge < -0.3 is 4.74 Å². The van der Waals surface area contributed by atoms with Gasteiger partial charge in [-0.15, -0.1) is 13.2 Å². The number of halogens is 7. The lowest BCUT2D eigenvalue weighted by molar-refractivity contribution is -0.274. The Morgan fingerprint density at radius 2 is 1.63 bits per heavy atom. The third-order valence-corrected chi connectivity index (χ3v) is 3.50. The van der Waals surface area contributed by atoms with Crippen LogP contribution in [0.3, 0.4) is 0 Å². The molecule has 0 saturated carbocycles. The smallest absolute Gasteiger partial charge is 0.406 e. The first-order valence-electron chi connectivity index (χ1n) is 6.63. The van der Waals surface area contributed by atoms with Crippen LogP contribution in [0, 0.1) is 0 Å². The summed E-state index contributed by atoms with van der Waals surface area (Å²) in [7, 11) is 0.250. The summed E-state index contributed by atoms with van der Waals surface area (Å²) in [4.78, 5) is 6.94. The predicted octanol–water partition coefficient (Wildman–Crippen LogP) is 4.06. The molecule has 0 N–H and O–H groups in total. The molecule has 0 spiro atoms. The molecule has 0 unspecified atom stereocenters. The molecular formula is C13H7ClF6N2O4S. The van der Waals surface area contributed by atoms with Crippen molar-refractivity contribution in [2.75, 3.05) is 0 Å². The minimum absolute atomic E-state index is 0.0348. The molecule has 1 aromatic carbocycles. The number of benzene rings is 1. The van der Waals surface area contributed by atoms with E-state index in [9.17, 15) is 34.8 Å². The van der Waals surface area contributed by atoms with Gasteiger partial charge in [0.25, 0.3) is 0 Å². The SMILES string of the molecule is O=S(=O)(Cl)OCc1cnc(-c2ccc(OC(F)(F)F)cc2)nc1C(F)(F)F. The molecule has 0 atom stereocenters. The number of hydrogen-bond donors (Lipinski definition) is 0. The highest BCUT2D eigenvalue weighted by Crippen LogP contribution is 2.33. The Balaban J connectivity index is 2.35. The van der Waals surface area contributed by atoms with Crippen LogP contribution in [-0.4, -0.2) is 24.7 Å². The molecule has 0 aliphatic rings. The van der Waals surface area contributed by atoms with Gasteiger partial charge in [-0.1, -0.05) is 0 Å². The zero-order valence-electron chi connectivity index (χ0n) is 12.7. The third kappa shape index (κ3) is 6.52. The van der Waals surface area contributed by atoms with Crippen molar-refractivity contribution in [3.8, 4) is 17.1 Å². The Labute approximate surface area is 152 Å². The van der Waals surface area contributed by atoms with E-state index in [2.05, 4.69) is 18.9 Å². The predicted molar refractivity (Wildman–Crippen MR) is 78.7 cm³/mol. The lowest BCUT2D eigenvalue weighted by Crippen LogP contribution is -2.17. The van der Waals surface area contributed by atoms with Gasteiger partial charge in [0, 0.05) is 28.0 Å². The number of nitrogens with zero attached hydrogens (tertiary/aromatic N) is 2. The molecule has 148 valence electrons. The first-order chi connectivity index (χ1) is 12.2. The highest BCUT2D eigenvalue weighted by molar-refractivity contribution is 8.09. The molecule has 0 aliphatic heterocycles. The molecule has 0 aliphatic carbocycles. The Morgan fingerprint density at radius 3 is 2.11 bits per heavy atom. The average Bonchev–Trinajstić information content (AvgIpc) is 2.50. The zero-order valence-corrected chi connectivity index (χ0v) is 14.2. The van der Waals surface area contributed by atoms with Crippen molar-refractivity contribution in [1.29, 1.82) is 0 Å². The third-order valence-electron chi connectivity index (χ3n) is 2.83. The molecule has 27 heavy (non-hydrogen) atoms. The second-order valence-electron chi connectivity index (χ2n) is 4.79. The number of hydrogen-bond acceptors (Lipinski definition) is 6. The van der Waals surface area contributed by atoms with Crippen LogP contribution in [0.5, 0.6) is 5.75 Å². The van der Waals surface area contributed by atoms with E-state index in [0.717, 1.165) is 24.3 Å². The lowest BCUT2D eigenvalue weighted by Gasteiger charge is -2.13. The van der Waals surface area contributed by atoms with Crippen molar-refractivity contribution < 1.29 is 43.7 Å². The van der Waals surface area contributed by atoms with Crippen LogP contribution in [0.25, 0.3) is 11.4 Å². The Hall–Kier alpha value is -2.12. The highest BCUT2D eigenvalue weighted by Gasteiger charge is 2.36. The summed E-state index contributed by atoms with van der Waals surface area (Å²) in [5.74, 6) is -1.04. The van der Waals surface area contributed by atoms with Crippen LogP contribution in [0.2, 0.25) is 0 Å². The second kappa shape index (κ2) is 7.48. The molecule has 6 nitrogen and oxygen atoms in total. The molecule has 0 saturated heterocycles. The normalized spacial score (nSPS) is 12.9. The van der Waals surface area contributed by atoms with Crippen LogP contribution in [0.15, 0.2) is 30.5 Å². The lowest BCUT2D eigenvalue weighted by atomic mass is 10.1. The fourth-order valence-corrected chi connectivity index (χ4v) is 2.24. The van der Waals surface area contributed by atoms with Gasteiger partial charge in [-0.2, -0.15) is 21.6 Å². The van der Waals surface area contributed by atoms with Crippen LogP contribution in [0.1, 0.15) is 11.3 Å². The van der Waals surface area contributed by atoms with E-state index in [-0.39, 0.29) is 5.56 Å². The average molecular weight is 437 g/mol. The molecule has 1 aromatic heterocycles. The largest absolute Gasteiger partial charge is 0.573 e. The van der Waals surface area contributed by atoms with Gasteiger partial charge in [0.05, 0.1) is 6.61 Å². The number of rotatable bonds is 5. The van der Waals surface area contributed by atoms with E-state index in [1.807, 2.05) is 0 Å². The van der Waals surface area contributed by atoms with Gasteiger partial charge in [-0.05, 0) is 24.3 Å². The summed E-state index contributed by atoms with van der Waals surface area (Å²) in [6.45, 7) is -1.06. The molecule has 14 heteroatoms. The summed E-state index contributed by atoms with van der Waals surface area (Å²) >= 11 is 0. The fourth-order valence-electron chi connectivity index (χ4n) is 1.84. The van der Waals surface area contributed by atoms with E-state index in [4.69, 9.17) is 10.7 Å². The highest BCUT2D eigenvalue weighted by atomic mass is 35.7. The van der Waals surface area contributed by atoms with Gasteiger partial charge in [-0.3, -0.25) is 4.18 Å². The van der Waals surface area contributed by atoms with Crippen molar-refractivity contribution >= 4 is 20.0 Å².